The average molecular weight is 258 g/mol. The van der Waals surface area contributed by atoms with Crippen molar-refractivity contribution < 1.29 is 9.47 Å². The summed E-state index contributed by atoms with van der Waals surface area (Å²) in [6.45, 7) is 1.86. The SMILES string of the molecule is C1=CC2CC1CC2C1COC2(CC3C=CC2C3)OC1. The van der Waals surface area contributed by atoms with E-state index in [4.69, 9.17) is 9.47 Å². The number of allylic oxidation sites excluding steroid dienone is 3. The highest BCUT2D eigenvalue weighted by Crippen LogP contribution is 2.53. The first-order chi connectivity index (χ1) is 9.32. The highest BCUT2D eigenvalue weighted by Gasteiger charge is 2.54. The number of fused-ring (bicyclic) bond motifs is 5. The van der Waals surface area contributed by atoms with Gasteiger partial charge < -0.3 is 9.47 Å². The molecule has 2 saturated carbocycles. The van der Waals surface area contributed by atoms with Gasteiger partial charge in [-0.25, -0.2) is 0 Å². The summed E-state index contributed by atoms with van der Waals surface area (Å²) in [5.74, 6) is 4.14. The molecule has 5 unspecified atom stereocenters. The number of hydrogen-bond acceptors (Lipinski definition) is 2. The summed E-state index contributed by atoms with van der Waals surface area (Å²) in [6.07, 6.45) is 14.7. The second kappa shape index (κ2) is 3.73. The Hall–Kier alpha value is -0.600. The highest BCUT2D eigenvalue weighted by atomic mass is 16.7. The number of rotatable bonds is 1. The van der Waals surface area contributed by atoms with E-state index in [0.717, 1.165) is 37.4 Å². The zero-order valence-electron chi connectivity index (χ0n) is 11.3. The molecule has 5 aliphatic rings. The van der Waals surface area contributed by atoms with Gasteiger partial charge in [0.05, 0.1) is 13.2 Å². The van der Waals surface area contributed by atoms with Gasteiger partial charge in [-0.2, -0.15) is 0 Å². The molecule has 0 N–H and O–H groups in total. The van der Waals surface area contributed by atoms with E-state index in [0.29, 0.717) is 17.8 Å². The lowest BCUT2D eigenvalue weighted by atomic mass is 9.82. The topological polar surface area (TPSA) is 18.5 Å². The van der Waals surface area contributed by atoms with Crippen molar-refractivity contribution >= 4 is 0 Å². The Balaban J connectivity index is 1.29. The normalized spacial score (nSPS) is 57.7. The molecule has 19 heavy (non-hydrogen) atoms. The van der Waals surface area contributed by atoms with E-state index in [1.165, 1.54) is 19.3 Å². The van der Waals surface area contributed by atoms with E-state index >= 15 is 0 Å². The summed E-state index contributed by atoms with van der Waals surface area (Å²) in [5.41, 5.74) is 0. The molecule has 3 fully saturated rings. The van der Waals surface area contributed by atoms with E-state index in [-0.39, 0.29) is 5.79 Å². The molecule has 0 aromatic rings. The van der Waals surface area contributed by atoms with Crippen molar-refractivity contribution in [1.29, 1.82) is 0 Å². The van der Waals surface area contributed by atoms with Crippen molar-refractivity contribution in [2.24, 2.45) is 35.5 Å². The van der Waals surface area contributed by atoms with Crippen LogP contribution in [0.25, 0.3) is 0 Å². The van der Waals surface area contributed by atoms with Crippen LogP contribution >= 0.6 is 0 Å². The van der Waals surface area contributed by atoms with Crippen LogP contribution in [0.5, 0.6) is 0 Å². The standard InChI is InChI=1S/C17H22O2/c1-3-13-5-11(1)7-16(13)14-9-18-17(19-10-14)8-12-2-4-15(17)6-12/h1-4,11-16H,5-10H2. The minimum atomic E-state index is -0.233. The van der Waals surface area contributed by atoms with E-state index in [9.17, 15) is 0 Å². The molecule has 0 aromatic carbocycles. The van der Waals surface area contributed by atoms with Gasteiger partial charge in [0.25, 0.3) is 0 Å². The monoisotopic (exact) mass is 258 g/mol. The summed E-state index contributed by atoms with van der Waals surface area (Å²) in [7, 11) is 0. The van der Waals surface area contributed by atoms with Crippen molar-refractivity contribution in [3.8, 4) is 0 Å². The van der Waals surface area contributed by atoms with Gasteiger partial charge in [0.15, 0.2) is 5.79 Å². The summed E-state index contributed by atoms with van der Waals surface area (Å²) in [5, 5.41) is 0. The molecule has 5 rings (SSSR count). The van der Waals surface area contributed by atoms with Crippen molar-refractivity contribution in [2.45, 2.75) is 31.5 Å². The fourth-order valence-corrected chi connectivity index (χ4v) is 5.30. The maximum absolute atomic E-state index is 6.30. The van der Waals surface area contributed by atoms with Gasteiger partial charge in [-0.15, -0.1) is 0 Å². The number of hydrogen-bond donors (Lipinski definition) is 0. The van der Waals surface area contributed by atoms with Gasteiger partial charge in [-0.1, -0.05) is 24.3 Å². The Morgan fingerprint density at radius 2 is 1.68 bits per heavy atom. The molecule has 1 heterocycles. The molecule has 4 aliphatic carbocycles. The van der Waals surface area contributed by atoms with Crippen LogP contribution in [0.3, 0.4) is 0 Å². The highest BCUT2D eigenvalue weighted by molar-refractivity contribution is 5.16. The third kappa shape index (κ3) is 1.50. The third-order valence-electron chi connectivity index (χ3n) is 6.30. The van der Waals surface area contributed by atoms with Crippen molar-refractivity contribution in [3.05, 3.63) is 24.3 Å². The van der Waals surface area contributed by atoms with Gasteiger partial charge >= 0.3 is 0 Å². The van der Waals surface area contributed by atoms with Crippen LogP contribution in [0.1, 0.15) is 25.7 Å². The summed E-state index contributed by atoms with van der Waals surface area (Å²) in [6, 6.07) is 0. The number of ether oxygens (including phenoxy) is 2. The third-order valence-corrected chi connectivity index (χ3v) is 6.30. The molecule has 4 bridgehead atoms. The van der Waals surface area contributed by atoms with Crippen LogP contribution < -0.4 is 0 Å². The minimum absolute atomic E-state index is 0.233. The van der Waals surface area contributed by atoms with Gasteiger partial charge in [0.2, 0.25) is 0 Å². The van der Waals surface area contributed by atoms with Crippen LogP contribution in [0.2, 0.25) is 0 Å². The lowest BCUT2D eigenvalue weighted by Gasteiger charge is -2.44. The molecule has 1 spiro atoms. The van der Waals surface area contributed by atoms with Gasteiger partial charge in [-0.3, -0.25) is 0 Å². The second-order valence-electron chi connectivity index (χ2n) is 7.33. The smallest absolute Gasteiger partial charge is 0.175 e. The summed E-state index contributed by atoms with van der Waals surface area (Å²) in [4.78, 5) is 0. The molecule has 0 radical (unpaired) electrons. The predicted octanol–water partition coefficient (Wildman–Crippen LogP) is 3.15. The fourth-order valence-electron chi connectivity index (χ4n) is 5.30. The molecular formula is C17H22O2. The largest absolute Gasteiger partial charge is 0.349 e. The Morgan fingerprint density at radius 3 is 2.26 bits per heavy atom. The van der Waals surface area contributed by atoms with Crippen LogP contribution in [0, 0.1) is 35.5 Å². The lowest BCUT2D eigenvalue weighted by molar-refractivity contribution is -0.300. The zero-order valence-corrected chi connectivity index (χ0v) is 11.3. The van der Waals surface area contributed by atoms with Crippen molar-refractivity contribution in [3.63, 3.8) is 0 Å². The Bertz CT molecular complexity index is 444. The van der Waals surface area contributed by atoms with Crippen LogP contribution in [0.4, 0.5) is 0 Å². The first kappa shape index (κ1) is 11.1. The van der Waals surface area contributed by atoms with Gasteiger partial charge in [-0.05, 0) is 42.9 Å². The first-order valence-electron chi connectivity index (χ1n) is 7.97. The van der Waals surface area contributed by atoms with Crippen LogP contribution in [-0.4, -0.2) is 19.0 Å². The molecule has 5 atom stereocenters. The Kier molecular flexibility index (Phi) is 2.18. The first-order valence-corrected chi connectivity index (χ1v) is 7.97. The molecule has 0 amide bonds. The Labute approximate surface area is 114 Å². The average Bonchev–Trinajstić information content (AvgIpc) is 3.19. The molecular weight excluding hydrogens is 236 g/mol. The summed E-state index contributed by atoms with van der Waals surface area (Å²) < 4.78 is 12.6. The fraction of sp³-hybridized carbons (Fsp3) is 0.765. The van der Waals surface area contributed by atoms with Crippen LogP contribution in [-0.2, 0) is 9.47 Å². The quantitative estimate of drug-likeness (QED) is 0.673. The zero-order chi connectivity index (χ0) is 12.4. The van der Waals surface area contributed by atoms with Crippen molar-refractivity contribution in [2.75, 3.05) is 13.2 Å². The second-order valence-corrected chi connectivity index (χ2v) is 7.33. The molecule has 1 aliphatic heterocycles. The minimum Gasteiger partial charge on any atom is -0.349 e. The van der Waals surface area contributed by atoms with Crippen molar-refractivity contribution in [1.82, 2.24) is 0 Å². The predicted molar refractivity (Wildman–Crippen MR) is 72.3 cm³/mol. The van der Waals surface area contributed by atoms with Gasteiger partial charge in [0, 0.05) is 18.3 Å². The lowest BCUT2D eigenvalue weighted by Crippen LogP contribution is -2.49. The molecule has 2 heteroatoms. The molecule has 1 saturated heterocycles. The van der Waals surface area contributed by atoms with E-state index in [2.05, 4.69) is 24.3 Å². The maximum atomic E-state index is 6.30. The Morgan fingerprint density at radius 1 is 0.842 bits per heavy atom. The van der Waals surface area contributed by atoms with E-state index in [1.54, 1.807) is 0 Å². The molecule has 102 valence electrons. The van der Waals surface area contributed by atoms with Gasteiger partial charge in [0.1, 0.15) is 0 Å². The summed E-state index contributed by atoms with van der Waals surface area (Å²) >= 11 is 0. The van der Waals surface area contributed by atoms with Crippen LogP contribution in [0.15, 0.2) is 24.3 Å². The molecule has 2 nitrogen and oxygen atoms in total. The van der Waals surface area contributed by atoms with E-state index < -0.39 is 0 Å². The molecule has 0 aromatic heterocycles. The maximum Gasteiger partial charge on any atom is 0.175 e. The van der Waals surface area contributed by atoms with E-state index in [1.807, 2.05) is 0 Å².